The number of benzene rings is 1. The van der Waals surface area contributed by atoms with E-state index in [1.807, 2.05) is 0 Å². The van der Waals surface area contributed by atoms with Gasteiger partial charge in [-0.3, -0.25) is 0 Å². The Morgan fingerprint density at radius 3 is 2.82 bits per heavy atom. The SMILES string of the molecule is CC(C)Cc1cccc(C2CCCC(Cl)C2)c1. The highest BCUT2D eigenvalue weighted by Gasteiger charge is 2.21. The maximum atomic E-state index is 6.29. The van der Waals surface area contributed by atoms with E-state index < -0.39 is 0 Å². The first-order valence-electron chi connectivity index (χ1n) is 6.88. The van der Waals surface area contributed by atoms with Gasteiger partial charge in [0.15, 0.2) is 0 Å². The third-order valence-corrected chi connectivity index (χ3v) is 4.07. The van der Waals surface area contributed by atoms with Gasteiger partial charge >= 0.3 is 0 Å². The van der Waals surface area contributed by atoms with Crippen LogP contribution >= 0.6 is 11.6 Å². The molecule has 0 N–H and O–H groups in total. The molecule has 1 fully saturated rings. The van der Waals surface area contributed by atoms with Gasteiger partial charge in [-0.1, -0.05) is 44.5 Å². The highest BCUT2D eigenvalue weighted by molar-refractivity contribution is 6.20. The van der Waals surface area contributed by atoms with Crippen molar-refractivity contribution in [2.45, 2.75) is 57.2 Å². The average molecular weight is 251 g/mol. The summed E-state index contributed by atoms with van der Waals surface area (Å²) < 4.78 is 0. The topological polar surface area (TPSA) is 0 Å². The Hall–Kier alpha value is -0.490. The van der Waals surface area contributed by atoms with Gasteiger partial charge in [-0.25, -0.2) is 0 Å². The third-order valence-electron chi connectivity index (χ3n) is 3.68. The van der Waals surface area contributed by atoms with Crippen LogP contribution in [0.3, 0.4) is 0 Å². The summed E-state index contributed by atoms with van der Waals surface area (Å²) in [6.45, 7) is 4.56. The molecule has 0 radical (unpaired) electrons. The quantitative estimate of drug-likeness (QED) is 0.651. The second-order valence-electron chi connectivity index (χ2n) is 5.80. The molecule has 0 saturated heterocycles. The molecular formula is C16H23Cl. The van der Waals surface area contributed by atoms with Crippen LogP contribution in [0.2, 0.25) is 0 Å². The van der Waals surface area contributed by atoms with E-state index >= 15 is 0 Å². The summed E-state index contributed by atoms with van der Waals surface area (Å²) in [6, 6.07) is 9.15. The lowest BCUT2D eigenvalue weighted by atomic mass is 9.83. The number of hydrogen-bond donors (Lipinski definition) is 0. The lowest BCUT2D eigenvalue weighted by Gasteiger charge is -2.26. The molecular weight excluding hydrogens is 228 g/mol. The summed E-state index contributed by atoms with van der Waals surface area (Å²) >= 11 is 6.29. The van der Waals surface area contributed by atoms with Gasteiger partial charge in [-0.2, -0.15) is 0 Å². The summed E-state index contributed by atoms with van der Waals surface area (Å²) in [4.78, 5) is 0. The predicted molar refractivity (Wildman–Crippen MR) is 75.8 cm³/mol. The largest absolute Gasteiger partial charge is 0.123 e. The minimum absolute atomic E-state index is 0.391. The zero-order chi connectivity index (χ0) is 12.3. The van der Waals surface area contributed by atoms with E-state index in [2.05, 4.69) is 38.1 Å². The molecule has 0 aliphatic heterocycles. The lowest BCUT2D eigenvalue weighted by molar-refractivity contribution is 0.449. The molecule has 0 nitrogen and oxygen atoms in total. The highest BCUT2D eigenvalue weighted by Crippen LogP contribution is 2.35. The molecule has 1 aromatic rings. The summed E-state index contributed by atoms with van der Waals surface area (Å²) in [5.41, 5.74) is 2.99. The van der Waals surface area contributed by atoms with E-state index in [9.17, 15) is 0 Å². The average Bonchev–Trinajstić information content (AvgIpc) is 2.28. The van der Waals surface area contributed by atoms with Crippen molar-refractivity contribution in [1.82, 2.24) is 0 Å². The minimum Gasteiger partial charge on any atom is -0.123 e. The Morgan fingerprint density at radius 1 is 1.29 bits per heavy atom. The van der Waals surface area contributed by atoms with Gasteiger partial charge in [0, 0.05) is 5.38 Å². The molecule has 94 valence electrons. The van der Waals surface area contributed by atoms with Crippen LogP contribution in [0, 0.1) is 5.92 Å². The molecule has 1 aliphatic rings. The number of rotatable bonds is 3. The third kappa shape index (κ3) is 3.74. The first kappa shape index (κ1) is 13.0. The Kier molecular flexibility index (Phi) is 4.50. The van der Waals surface area contributed by atoms with Gasteiger partial charge in [0.2, 0.25) is 0 Å². The fourth-order valence-electron chi connectivity index (χ4n) is 2.88. The van der Waals surface area contributed by atoms with Crippen LogP contribution in [0.1, 0.15) is 56.6 Å². The van der Waals surface area contributed by atoms with Crippen molar-refractivity contribution in [3.05, 3.63) is 35.4 Å². The van der Waals surface area contributed by atoms with E-state index in [-0.39, 0.29) is 0 Å². The maximum Gasteiger partial charge on any atom is 0.0341 e. The van der Waals surface area contributed by atoms with Crippen molar-refractivity contribution in [3.63, 3.8) is 0 Å². The van der Waals surface area contributed by atoms with Crippen molar-refractivity contribution in [3.8, 4) is 0 Å². The summed E-state index contributed by atoms with van der Waals surface area (Å²) in [5, 5.41) is 0.391. The molecule has 1 heteroatoms. The van der Waals surface area contributed by atoms with Crippen LogP contribution in [0.25, 0.3) is 0 Å². The predicted octanol–water partition coefficient (Wildman–Crippen LogP) is 5.15. The monoisotopic (exact) mass is 250 g/mol. The van der Waals surface area contributed by atoms with Crippen LogP contribution in [0.15, 0.2) is 24.3 Å². The molecule has 0 spiro atoms. The molecule has 0 amide bonds. The van der Waals surface area contributed by atoms with E-state index in [1.54, 1.807) is 0 Å². The van der Waals surface area contributed by atoms with Crippen molar-refractivity contribution < 1.29 is 0 Å². The van der Waals surface area contributed by atoms with Crippen molar-refractivity contribution in [1.29, 1.82) is 0 Å². The van der Waals surface area contributed by atoms with Crippen LogP contribution in [-0.4, -0.2) is 5.38 Å². The summed E-state index contributed by atoms with van der Waals surface area (Å²) in [5.74, 6) is 1.43. The van der Waals surface area contributed by atoms with E-state index in [1.165, 1.54) is 36.8 Å². The first-order chi connectivity index (χ1) is 8.15. The van der Waals surface area contributed by atoms with Gasteiger partial charge in [0.25, 0.3) is 0 Å². The lowest BCUT2D eigenvalue weighted by Crippen LogP contribution is -2.14. The normalized spacial score (nSPS) is 25.2. The molecule has 2 atom stereocenters. The van der Waals surface area contributed by atoms with Crippen LogP contribution in [0.5, 0.6) is 0 Å². The zero-order valence-electron chi connectivity index (χ0n) is 11.0. The fraction of sp³-hybridized carbons (Fsp3) is 0.625. The Balaban J connectivity index is 2.09. The van der Waals surface area contributed by atoms with Crippen molar-refractivity contribution in [2.24, 2.45) is 5.92 Å². The standard InChI is InChI=1S/C16H23Cl/c1-12(2)9-13-5-3-6-14(10-13)15-7-4-8-16(17)11-15/h3,5-6,10,12,15-16H,4,7-9,11H2,1-2H3. The van der Waals surface area contributed by atoms with Gasteiger partial charge in [-0.15, -0.1) is 11.6 Å². The molecule has 1 aliphatic carbocycles. The smallest absolute Gasteiger partial charge is 0.0341 e. The minimum atomic E-state index is 0.391. The molecule has 0 heterocycles. The van der Waals surface area contributed by atoms with Crippen LogP contribution < -0.4 is 0 Å². The molecule has 17 heavy (non-hydrogen) atoms. The maximum absolute atomic E-state index is 6.29. The van der Waals surface area contributed by atoms with Gasteiger partial charge in [-0.05, 0) is 48.6 Å². The fourth-order valence-corrected chi connectivity index (χ4v) is 3.25. The zero-order valence-corrected chi connectivity index (χ0v) is 11.7. The Labute approximate surface area is 110 Å². The van der Waals surface area contributed by atoms with Gasteiger partial charge in [0.1, 0.15) is 0 Å². The van der Waals surface area contributed by atoms with Gasteiger partial charge < -0.3 is 0 Å². The van der Waals surface area contributed by atoms with E-state index in [0.29, 0.717) is 11.3 Å². The second kappa shape index (κ2) is 5.91. The second-order valence-corrected chi connectivity index (χ2v) is 6.42. The molecule has 1 saturated carbocycles. The van der Waals surface area contributed by atoms with Gasteiger partial charge in [0.05, 0.1) is 0 Å². The highest BCUT2D eigenvalue weighted by atomic mass is 35.5. The number of alkyl halides is 1. The van der Waals surface area contributed by atoms with Crippen molar-refractivity contribution in [2.75, 3.05) is 0 Å². The molecule has 2 unspecified atom stereocenters. The van der Waals surface area contributed by atoms with Crippen molar-refractivity contribution >= 4 is 11.6 Å². The summed E-state index contributed by atoms with van der Waals surface area (Å²) in [6.07, 6.45) is 6.14. The number of halogens is 1. The van der Waals surface area contributed by atoms with Crippen LogP contribution in [-0.2, 0) is 6.42 Å². The Bertz CT molecular complexity index is 356. The number of hydrogen-bond acceptors (Lipinski definition) is 0. The van der Waals surface area contributed by atoms with E-state index in [0.717, 1.165) is 12.3 Å². The molecule has 1 aromatic carbocycles. The Morgan fingerprint density at radius 2 is 2.12 bits per heavy atom. The van der Waals surface area contributed by atoms with E-state index in [4.69, 9.17) is 11.6 Å². The molecule has 2 rings (SSSR count). The molecule has 0 bridgehead atoms. The summed E-state index contributed by atoms with van der Waals surface area (Å²) in [7, 11) is 0. The first-order valence-corrected chi connectivity index (χ1v) is 7.31. The molecule has 0 aromatic heterocycles. The van der Waals surface area contributed by atoms with Crippen LogP contribution in [0.4, 0.5) is 0 Å².